The topological polar surface area (TPSA) is 109 Å². The average molecular weight is 399 g/mol. The van der Waals surface area contributed by atoms with Crippen molar-refractivity contribution in [2.24, 2.45) is 0 Å². The Hall–Kier alpha value is -3.19. The molecule has 0 N–H and O–H groups in total. The Balaban J connectivity index is 1.46. The van der Waals surface area contributed by atoms with Crippen LogP contribution in [0.15, 0.2) is 29.8 Å². The molecule has 1 saturated heterocycles. The molecule has 1 aliphatic carbocycles. The van der Waals surface area contributed by atoms with Crippen LogP contribution in [0.4, 0.5) is 20.4 Å². The minimum Gasteiger partial charge on any atom is -0.452 e. The SMILES string of the molecule is COC(=O)N(C[C@H]1CN(c2ccc(C3(C#N)CC3)cc2)C(=O)O1)c1nncs1. The second kappa shape index (κ2) is 7.09. The molecule has 9 nitrogen and oxygen atoms in total. The summed E-state index contributed by atoms with van der Waals surface area (Å²) in [7, 11) is 1.28. The van der Waals surface area contributed by atoms with Crippen molar-refractivity contribution in [2.45, 2.75) is 24.4 Å². The van der Waals surface area contributed by atoms with Gasteiger partial charge in [0.05, 0.1) is 31.7 Å². The van der Waals surface area contributed by atoms with Crippen molar-refractivity contribution in [3.05, 3.63) is 35.3 Å². The minimum absolute atomic E-state index is 0.111. The van der Waals surface area contributed by atoms with Crippen molar-refractivity contribution in [1.29, 1.82) is 5.26 Å². The van der Waals surface area contributed by atoms with Crippen LogP contribution < -0.4 is 9.80 Å². The summed E-state index contributed by atoms with van der Waals surface area (Å²) in [4.78, 5) is 27.2. The van der Waals surface area contributed by atoms with Crippen molar-refractivity contribution in [3.63, 3.8) is 0 Å². The van der Waals surface area contributed by atoms with E-state index in [1.807, 2.05) is 24.3 Å². The fourth-order valence-electron chi connectivity index (χ4n) is 3.21. The van der Waals surface area contributed by atoms with Gasteiger partial charge in [0.15, 0.2) is 0 Å². The van der Waals surface area contributed by atoms with Gasteiger partial charge < -0.3 is 9.47 Å². The molecule has 1 saturated carbocycles. The zero-order chi connectivity index (χ0) is 19.7. The van der Waals surface area contributed by atoms with Crippen LogP contribution in [-0.4, -0.2) is 48.7 Å². The molecule has 1 aliphatic heterocycles. The molecule has 2 aliphatic rings. The van der Waals surface area contributed by atoms with Gasteiger partial charge in [-0.1, -0.05) is 23.5 Å². The molecule has 0 unspecified atom stereocenters. The van der Waals surface area contributed by atoms with Crippen molar-refractivity contribution < 1.29 is 19.1 Å². The number of aromatic nitrogens is 2. The van der Waals surface area contributed by atoms with E-state index >= 15 is 0 Å². The molecule has 10 heteroatoms. The van der Waals surface area contributed by atoms with Gasteiger partial charge in [-0.05, 0) is 30.5 Å². The standard InChI is InChI=1S/C18H17N5O4S/c1-26-16(24)23(15-21-20-11-28-15)9-14-8-22(17(25)27-14)13-4-2-12(3-5-13)18(10-19)6-7-18/h2-5,11,14H,6-9H2,1H3/t14-/m1/s1. The Morgan fingerprint density at radius 3 is 2.79 bits per heavy atom. The van der Waals surface area contributed by atoms with Crippen molar-refractivity contribution in [2.75, 3.05) is 30.0 Å². The number of methoxy groups -OCH3 is 1. The number of carbonyl (C=O) groups is 2. The van der Waals surface area contributed by atoms with Crippen LogP contribution in [0.5, 0.6) is 0 Å². The molecular formula is C18H17N5O4S. The van der Waals surface area contributed by atoms with Gasteiger partial charge in [0.2, 0.25) is 5.13 Å². The molecule has 144 valence electrons. The molecule has 1 atom stereocenters. The molecule has 2 heterocycles. The summed E-state index contributed by atoms with van der Waals surface area (Å²) in [5.74, 6) is 0. The van der Waals surface area contributed by atoms with Crippen LogP contribution in [0.1, 0.15) is 18.4 Å². The number of nitriles is 1. The van der Waals surface area contributed by atoms with Crippen molar-refractivity contribution in [1.82, 2.24) is 10.2 Å². The highest BCUT2D eigenvalue weighted by Crippen LogP contribution is 2.47. The predicted octanol–water partition coefficient (Wildman–Crippen LogP) is 2.69. The summed E-state index contributed by atoms with van der Waals surface area (Å²) < 4.78 is 10.2. The molecule has 1 aromatic carbocycles. The van der Waals surface area contributed by atoms with E-state index in [0.717, 1.165) is 18.4 Å². The highest BCUT2D eigenvalue weighted by molar-refractivity contribution is 7.13. The average Bonchev–Trinajstić information content (AvgIpc) is 3.15. The van der Waals surface area contributed by atoms with Crippen molar-refractivity contribution in [3.8, 4) is 6.07 Å². The van der Waals surface area contributed by atoms with E-state index in [1.165, 1.54) is 33.8 Å². The summed E-state index contributed by atoms with van der Waals surface area (Å²) in [6, 6.07) is 9.76. The zero-order valence-electron chi connectivity index (χ0n) is 15.1. The van der Waals surface area contributed by atoms with Crippen LogP contribution in [0.25, 0.3) is 0 Å². The highest BCUT2D eigenvalue weighted by Gasteiger charge is 2.45. The Bertz CT molecular complexity index is 920. The Morgan fingerprint density at radius 2 is 2.21 bits per heavy atom. The van der Waals surface area contributed by atoms with E-state index < -0.39 is 18.3 Å². The number of hydrogen-bond donors (Lipinski definition) is 0. The van der Waals surface area contributed by atoms with Gasteiger partial charge >= 0.3 is 12.2 Å². The number of rotatable bonds is 5. The van der Waals surface area contributed by atoms with E-state index in [1.54, 1.807) is 0 Å². The quantitative estimate of drug-likeness (QED) is 0.760. The summed E-state index contributed by atoms with van der Waals surface area (Å²) in [5.41, 5.74) is 2.80. The van der Waals surface area contributed by atoms with E-state index in [0.29, 0.717) is 10.8 Å². The van der Waals surface area contributed by atoms with Crippen LogP contribution in [0.3, 0.4) is 0 Å². The van der Waals surface area contributed by atoms with Gasteiger partial charge in [-0.15, -0.1) is 10.2 Å². The zero-order valence-corrected chi connectivity index (χ0v) is 15.9. The third-order valence-electron chi connectivity index (χ3n) is 4.93. The van der Waals surface area contributed by atoms with Crippen LogP contribution in [0, 0.1) is 11.3 Å². The lowest BCUT2D eigenvalue weighted by molar-refractivity contribution is 0.139. The highest BCUT2D eigenvalue weighted by atomic mass is 32.1. The third kappa shape index (κ3) is 3.25. The first-order valence-electron chi connectivity index (χ1n) is 8.68. The third-order valence-corrected chi connectivity index (χ3v) is 5.64. The molecule has 0 bridgehead atoms. The smallest absolute Gasteiger partial charge is 0.416 e. The lowest BCUT2D eigenvalue weighted by atomic mass is 9.97. The molecule has 1 aromatic heterocycles. The van der Waals surface area contributed by atoms with E-state index in [-0.39, 0.29) is 18.5 Å². The van der Waals surface area contributed by atoms with Gasteiger partial charge in [0.1, 0.15) is 11.6 Å². The maximum absolute atomic E-state index is 12.3. The number of nitrogens with zero attached hydrogens (tertiary/aromatic N) is 5. The molecule has 4 rings (SSSR count). The largest absolute Gasteiger partial charge is 0.452 e. The van der Waals surface area contributed by atoms with Gasteiger partial charge in [-0.3, -0.25) is 4.90 Å². The Morgan fingerprint density at radius 1 is 1.46 bits per heavy atom. The molecule has 2 fully saturated rings. The van der Waals surface area contributed by atoms with Crippen LogP contribution in [-0.2, 0) is 14.9 Å². The normalized spacial score (nSPS) is 19.6. The number of amides is 2. The van der Waals surface area contributed by atoms with Crippen LogP contribution >= 0.6 is 11.3 Å². The molecule has 2 amide bonds. The summed E-state index contributed by atoms with van der Waals surface area (Å²) >= 11 is 1.19. The van der Waals surface area contributed by atoms with Gasteiger partial charge in [0.25, 0.3) is 0 Å². The fraction of sp³-hybridized carbons (Fsp3) is 0.389. The van der Waals surface area contributed by atoms with Gasteiger partial charge in [-0.2, -0.15) is 5.26 Å². The lowest BCUT2D eigenvalue weighted by Crippen LogP contribution is -2.39. The summed E-state index contributed by atoms with van der Waals surface area (Å²) in [5, 5.41) is 17.3. The van der Waals surface area contributed by atoms with E-state index in [2.05, 4.69) is 16.3 Å². The number of anilines is 2. The number of hydrogen-bond acceptors (Lipinski definition) is 8. The van der Waals surface area contributed by atoms with E-state index in [4.69, 9.17) is 9.47 Å². The van der Waals surface area contributed by atoms with Crippen LogP contribution in [0.2, 0.25) is 0 Å². The molecular weight excluding hydrogens is 382 g/mol. The molecule has 2 aromatic rings. The number of benzene rings is 1. The summed E-state index contributed by atoms with van der Waals surface area (Å²) in [6.45, 7) is 0.396. The maximum Gasteiger partial charge on any atom is 0.416 e. The first-order valence-corrected chi connectivity index (χ1v) is 9.56. The second-order valence-electron chi connectivity index (χ2n) is 6.66. The monoisotopic (exact) mass is 399 g/mol. The predicted molar refractivity (Wildman–Crippen MR) is 100 cm³/mol. The van der Waals surface area contributed by atoms with Crippen molar-refractivity contribution >= 4 is 34.3 Å². The first-order chi connectivity index (χ1) is 13.6. The molecule has 28 heavy (non-hydrogen) atoms. The first kappa shape index (κ1) is 18.2. The Kier molecular flexibility index (Phi) is 4.60. The molecule has 0 spiro atoms. The second-order valence-corrected chi connectivity index (χ2v) is 7.47. The molecule has 0 radical (unpaired) electrons. The number of carbonyl (C=O) groups excluding carboxylic acids is 2. The number of ether oxygens (including phenoxy) is 2. The van der Waals surface area contributed by atoms with Gasteiger partial charge in [0, 0.05) is 5.69 Å². The minimum atomic E-state index is -0.596. The Labute approximate surface area is 165 Å². The lowest BCUT2D eigenvalue weighted by Gasteiger charge is -2.20. The fourth-order valence-corrected chi connectivity index (χ4v) is 3.77. The number of cyclic esters (lactones) is 1. The summed E-state index contributed by atoms with van der Waals surface area (Å²) in [6.07, 6.45) is 0.115. The van der Waals surface area contributed by atoms with Gasteiger partial charge in [-0.25, -0.2) is 14.5 Å². The maximum atomic E-state index is 12.3. The van der Waals surface area contributed by atoms with E-state index in [9.17, 15) is 14.9 Å².